The number of halogens is 2. The van der Waals surface area contributed by atoms with E-state index in [0.717, 1.165) is 17.0 Å². The number of carbonyl (C=O) groups excluding carboxylic acids is 1. The Morgan fingerprint density at radius 3 is 2.70 bits per heavy atom. The first-order valence-corrected chi connectivity index (χ1v) is 9.92. The van der Waals surface area contributed by atoms with Gasteiger partial charge in [-0.1, -0.05) is 52.0 Å². The van der Waals surface area contributed by atoms with Crippen molar-refractivity contribution >= 4 is 39.3 Å². The van der Waals surface area contributed by atoms with Gasteiger partial charge in [0.1, 0.15) is 5.82 Å². The molecule has 1 N–H and O–H groups in total. The maximum Gasteiger partial charge on any atom is 0.237 e. The predicted molar refractivity (Wildman–Crippen MR) is 109 cm³/mol. The number of aryl methyl sites for hydroxylation is 1. The Balaban J connectivity index is 1.73. The number of hydrogen-bond donors (Lipinski definition) is 1. The number of carbonyl (C=O) groups is 1. The summed E-state index contributed by atoms with van der Waals surface area (Å²) < 4.78 is 16.4. The van der Waals surface area contributed by atoms with Crippen LogP contribution in [-0.4, -0.2) is 25.9 Å². The van der Waals surface area contributed by atoms with Crippen molar-refractivity contribution in [3.8, 4) is 11.4 Å². The number of amides is 1. The normalized spacial score (nSPS) is 12.0. The van der Waals surface area contributed by atoms with Gasteiger partial charge in [0.05, 0.1) is 10.9 Å². The molecule has 0 saturated heterocycles. The summed E-state index contributed by atoms with van der Waals surface area (Å²) in [5.74, 6) is -0.0563. The van der Waals surface area contributed by atoms with E-state index < -0.39 is 11.1 Å². The van der Waals surface area contributed by atoms with E-state index in [4.69, 9.17) is 0 Å². The number of aromatic nitrogens is 3. The lowest BCUT2D eigenvalue weighted by Gasteiger charge is -2.12. The summed E-state index contributed by atoms with van der Waals surface area (Å²) in [4.78, 5) is 12.4. The maximum absolute atomic E-state index is 13.9. The second-order valence-electron chi connectivity index (χ2n) is 6.05. The smallest absolute Gasteiger partial charge is 0.237 e. The summed E-state index contributed by atoms with van der Waals surface area (Å²) in [7, 11) is 1.86. The lowest BCUT2D eigenvalue weighted by molar-refractivity contribution is -0.115. The number of benzene rings is 2. The number of hydrogen-bond acceptors (Lipinski definition) is 4. The van der Waals surface area contributed by atoms with Crippen LogP contribution in [0.2, 0.25) is 0 Å². The van der Waals surface area contributed by atoms with Gasteiger partial charge in [0.15, 0.2) is 11.0 Å². The summed E-state index contributed by atoms with van der Waals surface area (Å²) in [6, 6.07) is 12.4. The highest BCUT2D eigenvalue weighted by Gasteiger charge is 2.20. The molecule has 1 heterocycles. The van der Waals surface area contributed by atoms with Crippen molar-refractivity contribution in [2.24, 2.45) is 7.05 Å². The van der Waals surface area contributed by atoms with Crippen LogP contribution in [0.25, 0.3) is 11.4 Å². The molecule has 0 fully saturated rings. The Morgan fingerprint density at radius 1 is 1.26 bits per heavy atom. The Morgan fingerprint density at radius 2 is 2.00 bits per heavy atom. The number of rotatable bonds is 5. The lowest BCUT2D eigenvalue weighted by atomic mass is 10.1. The molecule has 1 aromatic heterocycles. The van der Waals surface area contributed by atoms with Gasteiger partial charge >= 0.3 is 0 Å². The minimum absolute atomic E-state index is 0.147. The van der Waals surface area contributed by atoms with Crippen LogP contribution in [0.5, 0.6) is 0 Å². The van der Waals surface area contributed by atoms with E-state index in [-0.39, 0.29) is 11.6 Å². The van der Waals surface area contributed by atoms with Crippen molar-refractivity contribution in [3.05, 3.63) is 58.3 Å². The minimum atomic E-state index is -0.490. The zero-order valence-electron chi connectivity index (χ0n) is 15.0. The van der Waals surface area contributed by atoms with Crippen LogP contribution >= 0.6 is 27.7 Å². The van der Waals surface area contributed by atoms with E-state index in [2.05, 4.69) is 31.4 Å². The Kier molecular flexibility index (Phi) is 5.96. The van der Waals surface area contributed by atoms with Crippen LogP contribution < -0.4 is 5.32 Å². The minimum Gasteiger partial charge on any atom is -0.323 e. The van der Waals surface area contributed by atoms with E-state index in [1.807, 2.05) is 42.8 Å². The van der Waals surface area contributed by atoms with Gasteiger partial charge in [-0.15, -0.1) is 10.2 Å². The van der Waals surface area contributed by atoms with Crippen LogP contribution in [-0.2, 0) is 11.8 Å². The quantitative estimate of drug-likeness (QED) is 0.568. The first-order chi connectivity index (χ1) is 12.9. The first kappa shape index (κ1) is 19.6. The molecule has 0 aliphatic rings. The molecule has 0 aliphatic heterocycles. The second kappa shape index (κ2) is 8.22. The number of thioether (sulfide) groups is 1. The molecule has 27 heavy (non-hydrogen) atoms. The van der Waals surface area contributed by atoms with E-state index in [1.54, 1.807) is 13.0 Å². The van der Waals surface area contributed by atoms with Gasteiger partial charge in [-0.25, -0.2) is 4.39 Å². The Labute approximate surface area is 169 Å². The topological polar surface area (TPSA) is 59.8 Å². The van der Waals surface area contributed by atoms with Crippen LogP contribution in [0.15, 0.2) is 52.1 Å². The van der Waals surface area contributed by atoms with E-state index >= 15 is 0 Å². The molecule has 5 nitrogen and oxygen atoms in total. The van der Waals surface area contributed by atoms with Crippen molar-refractivity contribution in [1.29, 1.82) is 0 Å². The van der Waals surface area contributed by atoms with Gasteiger partial charge in [-0.05, 0) is 37.6 Å². The molecular formula is C19H18BrFN4OS. The number of nitrogens with one attached hydrogen (secondary N) is 1. The molecule has 1 amide bonds. The average Bonchev–Trinajstić information content (AvgIpc) is 2.98. The maximum atomic E-state index is 13.9. The fourth-order valence-electron chi connectivity index (χ4n) is 2.51. The Bertz CT molecular complexity index is 992. The molecule has 3 rings (SSSR count). The highest BCUT2D eigenvalue weighted by atomic mass is 79.9. The molecule has 2 aromatic carbocycles. The van der Waals surface area contributed by atoms with Crippen molar-refractivity contribution in [3.63, 3.8) is 0 Å². The zero-order valence-corrected chi connectivity index (χ0v) is 17.4. The molecule has 0 spiro atoms. The fourth-order valence-corrected chi connectivity index (χ4v) is 3.66. The molecule has 0 aliphatic carbocycles. The first-order valence-electron chi connectivity index (χ1n) is 8.24. The molecule has 1 unspecified atom stereocenters. The predicted octanol–water partition coefficient (Wildman–Crippen LogP) is 4.81. The van der Waals surface area contributed by atoms with E-state index in [0.29, 0.717) is 9.63 Å². The summed E-state index contributed by atoms with van der Waals surface area (Å²) in [6.45, 7) is 3.76. The van der Waals surface area contributed by atoms with Crippen molar-refractivity contribution < 1.29 is 9.18 Å². The molecule has 140 valence electrons. The van der Waals surface area contributed by atoms with E-state index in [1.165, 1.54) is 23.9 Å². The van der Waals surface area contributed by atoms with Crippen molar-refractivity contribution in [2.75, 3.05) is 5.32 Å². The van der Waals surface area contributed by atoms with Crippen LogP contribution in [0, 0.1) is 12.7 Å². The second-order valence-corrected chi connectivity index (χ2v) is 8.28. The summed E-state index contributed by atoms with van der Waals surface area (Å²) in [5.41, 5.74) is 2.24. The number of nitrogens with zero attached hydrogens (tertiary/aromatic N) is 3. The summed E-state index contributed by atoms with van der Waals surface area (Å²) >= 11 is 4.47. The largest absolute Gasteiger partial charge is 0.323 e. The molecule has 0 radical (unpaired) electrons. The van der Waals surface area contributed by atoms with Gasteiger partial charge in [0.2, 0.25) is 5.91 Å². The summed E-state index contributed by atoms with van der Waals surface area (Å²) in [6.07, 6.45) is 0. The van der Waals surface area contributed by atoms with Crippen molar-refractivity contribution in [2.45, 2.75) is 24.3 Å². The van der Waals surface area contributed by atoms with Gasteiger partial charge in [0.25, 0.3) is 0 Å². The standard InChI is InChI=1S/C19H18BrFN4OS/c1-11-6-4-5-7-14(11)17-23-24-19(25(17)3)27-12(2)18(26)22-16-9-8-13(20)10-15(16)21/h4-10,12H,1-3H3,(H,22,26). The van der Waals surface area contributed by atoms with Gasteiger partial charge < -0.3 is 9.88 Å². The van der Waals surface area contributed by atoms with Crippen molar-refractivity contribution in [1.82, 2.24) is 14.8 Å². The highest BCUT2D eigenvalue weighted by molar-refractivity contribution is 9.10. The van der Waals surface area contributed by atoms with Gasteiger partial charge in [0, 0.05) is 17.1 Å². The highest BCUT2D eigenvalue weighted by Crippen LogP contribution is 2.28. The third-order valence-electron chi connectivity index (χ3n) is 4.06. The number of anilines is 1. The third kappa shape index (κ3) is 4.39. The molecular weight excluding hydrogens is 431 g/mol. The monoisotopic (exact) mass is 448 g/mol. The zero-order chi connectivity index (χ0) is 19.6. The molecule has 0 bridgehead atoms. The lowest BCUT2D eigenvalue weighted by Crippen LogP contribution is -2.23. The van der Waals surface area contributed by atoms with Crippen LogP contribution in [0.1, 0.15) is 12.5 Å². The summed E-state index contributed by atoms with van der Waals surface area (Å²) in [5, 5.41) is 11.2. The third-order valence-corrected chi connectivity index (χ3v) is 5.69. The van der Waals surface area contributed by atoms with E-state index in [9.17, 15) is 9.18 Å². The van der Waals surface area contributed by atoms with Crippen LogP contribution in [0.3, 0.4) is 0 Å². The molecule has 0 saturated carbocycles. The van der Waals surface area contributed by atoms with Gasteiger partial charge in [-0.2, -0.15) is 0 Å². The Hall–Kier alpha value is -2.19. The van der Waals surface area contributed by atoms with Gasteiger partial charge in [-0.3, -0.25) is 4.79 Å². The molecule has 1 atom stereocenters. The molecule has 3 aromatic rings. The SMILES string of the molecule is Cc1ccccc1-c1nnc(SC(C)C(=O)Nc2ccc(Br)cc2F)n1C. The average molecular weight is 449 g/mol. The fraction of sp³-hybridized carbons (Fsp3) is 0.211. The molecule has 8 heteroatoms. The van der Waals surface area contributed by atoms with Crippen LogP contribution in [0.4, 0.5) is 10.1 Å².